The molecule has 0 aliphatic heterocycles. The zero-order valence-corrected chi connectivity index (χ0v) is 12.6. The van der Waals surface area contributed by atoms with Crippen LogP contribution in [0.4, 0.5) is 0 Å². The Morgan fingerprint density at radius 1 is 1.26 bits per heavy atom. The zero-order chi connectivity index (χ0) is 13.8. The van der Waals surface area contributed by atoms with Crippen molar-refractivity contribution in [2.45, 2.75) is 32.3 Å². The Hall–Kier alpha value is -1.26. The van der Waals surface area contributed by atoms with Crippen LogP contribution in [0.15, 0.2) is 35.4 Å². The van der Waals surface area contributed by atoms with Crippen LogP contribution in [0.3, 0.4) is 0 Å². The molecule has 0 radical (unpaired) electrons. The molecule has 0 saturated carbocycles. The van der Waals surface area contributed by atoms with E-state index in [0.29, 0.717) is 12.5 Å². The van der Waals surface area contributed by atoms with Gasteiger partial charge >= 0.3 is 0 Å². The predicted molar refractivity (Wildman–Crippen MR) is 81.8 cm³/mol. The molecule has 0 aliphatic rings. The number of hydrogen-bond donors (Lipinski definition) is 1. The minimum Gasteiger partial charge on any atom is -0.326 e. The van der Waals surface area contributed by atoms with Gasteiger partial charge in [-0.25, -0.2) is 4.68 Å². The number of aryl methyl sites for hydroxylation is 1. The molecule has 0 saturated heterocycles. The Bertz CT molecular complexity index is 532. The van der Waals surface area contributed by atoms with E-state index in [9.17, 15) is 0 Å². The highest BCUT2D eigenvalue weighted by atomic mass is 32.2. The van der Waals surface area contributed by atoms with Gasteiger partial charge in [0.05, 0.1) is 11.4 Å². The Kier molecular flexibility index (Phi) is 4.66. The van der Waals surface area contributed by atoms with Crippen molar-refractivity contribution in [2.24, 2.45) is 11.7 Å². The third-order valence-electron chi connectivity index (χ3n) is 2.90. The van der Waals surface area contributed by atoms with Crippen LogP contribution in [-0.2, 0) is 6.54 Å². The number of rotatable bonds is 5. The molecule has 2 rings (SSSR count). The highest BCUT2D eigenvalue weighted by Gasteiger charge is 2.16. The van der Waals surface area contributed by atoms with E-state index >= 15 is 0 Å². The molecule has 0 atom stereocenters. The number of thioether (sulfide) groups is 1. The highest BCUT2D eigenvalue weighted by molar-refractivity contribution is 7.99. The van der Waals surface area contributed by atoms with Crippen molar-refractivity contribution in [3.63, 3.8) is 0 Å². The molecule has 1 aromatic heterocycles. The lowest BCUT2D eigenvalue weighted by Crippen LogP contribution is -2.03. The Morgan fingerprint density at radius 2 is 1.95 bits per heavy atom. The Labute approximate surface area is 119 Å². The lowest BCUT2D eigenvalue weighted by atomic mass is 10.2. The van der Waals surface area contributed by atoms with Crippen LogP contribution in [0.2, 0.25) is 0 Å². The van der Waals surface area contributed by atoms with Crippen molar-refractivity contribution < 1.29 is 0 Å². The summed E-state index contributed by atoms with van der Waals surface area (Å²) >= 11 is 1.84. The van der Waals surface area contributed by atoms with E-state index in [2.05, 4.69) is 31.1 Å². The largest absolute Gasteiger partial charge is 0.326 e. The molecular formula is C15H21N3S. The van der Waals surface area contributed by atoms with Crippen LogP contribution in [-0.4, -0.2) is 15.5 Å². The minimum absolute atomic E-state index is 0.541. The van der Waals surface area contributed by atoms with E-state index in [0.717, 1.165) is 22.7 Å². The average Bonchev–Trinajstić information content (AvgIpc) is 2.73. The standard InChI is InChI=1S/C15H21N3S/c1-11(2)10-19-15-14(9-16)12(3)17-18(15)13-7-5-4-6-8-13/h4-8,11H,9-10,16H2,1-3H3. The van der Waals surface area contributed by atoms with Crippen LogP contribution in [0, 0.1) is 12.8 Å². The number of benzene rings is 1. The first kappa shape index (κ1) is 14.2. The van der Waals surface area contributed by atoms with Gasteiger partial charge in [0, 0.05) is 17.9 Å². The molecule has 1 aromatic carbocycles. The molecule has 2 N–H and O–H groups in total. The van der Waals surface area contributed by atoms with Crippen LogP contribution < -0.4 is 5.73 Å². The summed E-state index contributed by atoms with van der Waals surface area (Å²) in [6.45, 7) is 7.02. The molecule has 1 heterocycles. The monoisotopic (exact) mass is 275 g/mol. The molecule has 0 bridgehead atoms. The maximum Gasteiger partial charge on any atom is 0.105 e. The predicted octanol–water partition coefficient (Wildman–Crippen LogP) is 3.39. The van der Waals surface area contributed by atoms with E-state index in [1.54, 1.807) is 0 Å². The van der Waals surface area contributed by atoms with Crippen LogP contribution in [0.5, 0.6) is 0 Å². The summed E-state index contributed by atoms with van der Waals surface area (Å²) in [5, 5.41) is 5.83. The van der Waals surface area contributed by atoms with Crippen molar-refractivity contribution in [3.8, 4) is 5.69 Å². The highest BCUT2D eigenvalue weighted by Crippen LogP contribution is 2.29. The maximum atomic E-state index is 5.88. The van der Waals surface area contributed by atoms with Gasteiger partial charge < -0.3 is 5.73 Å². The van der Waals surface area contributed by atoms with Gasteiger partial charge in [-0.3, -0.25) is 0 Å². The Morgan fingerprint density at radius 3 is 2.53 bits per heavy atom. The third kappa shape index (κ3) is 3.19. The van der Waals surface area contributed by atoms with Crippen molar-refractivity contribution in [1.29, 1.82) is 0 Å². The van der Waals surface area contributed by atoms with Crippen LogP contribution in [0.1, 0.15) is 25.1 Å². The third-order valence-corrected chi connectivity index (χ3v) is 4.42. The summed E-state index contributed by atoms with van der Waals surface area (Å²) in [6, 6.07) is 10.2. The van der Waals surface area contributed by atoms with Gasteiger partial charge in [-0.1, -0.05) is 32.0 Å². The smallest absolute Gasteiger partial charge is 0.105 e. The Balaban J connectivity index is 2.42. The SMILES string of the molecule is Cc1nn(-c2ccccc2)c(SCC(C)C)c1CN. The van der Waals surface area contributed by atoms with Gasteiger partial charge in [0.2, 0.25) is 0 Å². The van der Waals surface area contributed by atoms with Crippen molar-refractivity contribution in [2.75, 3.05) is 5.75 Å². The molecule has 19 heavy (non-hydrogen) atoms. The number of para-hydroxylation sites is 1. The normalized spacial score (nSPS) is 11.2. The summed E-state index contributed by atoms with van der Waals surface area (Å²) in [5.41, 5.74) is 9.16. The summed E-state index contributed by atoms with van der Waals surface area (Å²) in [6.07, 6.45) is 0. The molecule has 3 nitrogen and oxygen atoms in total. The summed E-state index contributed by atoms with van der Waals surface area (Å²) < 4.78 is 2.02. The second kappa shape index (κ2) is 6.26. The van der Waals surface area contributed by atoms with E-state index in [1.807, 2.05) is 41.6 Å². The first-order valence-corrected chi connectivity index (χ1v) is 7.58. The number of hydrogen-bond acceptors (Lipinski definition) is 3. The molecule has 0 unspecified atom stereocenters. The molecular weight excluding hydrogens is 254 g/mol. The fraction of sp³-hybridized carbons (Fsp3) is 0.400. The van der Waals surface area contributed by atoms with Gasteiger partial charge in [0.15, 0.2) is 0 Å². The fourth-order valence-corrected chi connectivity index (χ4v) is 3.08. The molecule has 2 aromatic rings. The molecule has 0 aliphatic carbocycles. The fourth-order valence-electron chi connectivity index (χ4n) is 1.91. The average molecular weight is 275 g/mol. The lowest BCUT2D eigenvalue weighted by Gasteiger charge is -2.10. The van der Waals surface area contributed by atoms with Crippen molar-refractivity contribution >= 4 is 11.8 Å². The van der Waals surface area contributed by atoms with E-state index in [-0.39, 0.29) is 0 Å². The van der Waals surface area contributed by atoms with E-state index in [1.165, 1.54) is 5.03 Å². The second-order valence-corrected chi connectivity index (χ2v) is 6.03. The van der Waals surface area contributed by atoms with E-state index < -0.39 is 0 Å². The maximum absolute atomic E-state index is 5.88. The van der Waals surface area contributed by atoms with E-state index in [4.69, 9.17) is 5.73 Å². The van der Waals surface area contributed by atoms with Crippen LogP contribution >= 0.6 is 11.8 Å². The molecule has 0 amide bonds. The summed E-state index contributed by atoms with van der Waals surface area (Å²) in [5.74, 6) is 1.72. The zero-order valence-electron chi connectivity index (χ0n) is 11.8. The number of aromatic nitrogens is 2. The summed E-state index contributed by atoms with van der Waals surface area (Å²) in [7, 11) is 0. The topological polar surface area (TPSA) is 43.8 Å². The first-order chi connectivity index (χ1) is 9.13. The molecule has 4 heteroatoms. The minimum atomic E-state index is 0.541. The molecule has 0 fully saturated rings. The molecule has 0 spiro atoms. The van der Waals surface area contributed by atoms with Crippen LogP contribution in [0.25, 0.3) is 5.69 Å². The van der Waals surface area contributed by atoms with Gasteiger partial charge in [-0.05, 0) is 25.0 Å². The second-order valence-electron chi connectivity index (χ2n) is 5.03. The van der Waals surface area contributed by atoms with Gasteiger partial charge in [0.1, 0.15) is 5.03 Å². The summed E-state index contributed by atoms with van der Waals surface area (Å²) in [4.78, 5) is 0. The number of nitrogens with two attached hydrogens (primary N) is 1. The van der Waals surface area contributed by atoms with Gasteiger partial charge in [0.25, 0.3) is 0 Å². The quantitative estimate of drug-likeness (QED) is 0.851. The van der Waals surface area contributed by atoms with Gasteiger partial charge in [-0.2, -0.15) is 5.10 Å². The first-order valence-electron chi connectivity index (χ1n) is 6.60. The number of nitrogens with zero attached hydrogens (tertiary/aromatic N) is 2. The molecule has 102 valence electrons. The van der Waals surface area contributed by atoms with Gasteiger partial charge in [-0.15, -0.1) is 11.8 Å². The van der Waals surface area contributed by atoms with Crippen molar-refractivity contribution in [3.05, 3.63) is 41.6 Å². The van der Waals surface area contributed by atoms with Crippen molar-refractivity contribution in [1.82, 2.24) is 9.78 Å². The lowest BCUT2D eigenvalue weighted by molar-refractivity contribution is 0.742.